The average molecular weight is 419 g/mol. The first kappa shape index (κ1) is 20.8. The SMILES string of the molecule is Cc1ccc2oc(=O)cc(N(CC=Cc3ccccc3[N+](=O)[O-])C3CCNCC3)c2c1. The Morgan fingerprint density at radius 2 is 1.97 bits per heavy atom. The van der Waals surface area contributed by atoms with Crippen LogP contribution in [0.4, 0.5) is 11.4 Å². The van der Waals surface area contributed by atoms with Gasteiger partial charge in [0, 0.05) is 30.1 Å². The standard InChI is InChI=1S/C24H25N3O4/c1-17-8-9-23-20(15-17)22(16-24(28)31-23)26(19-10-12-25-13-11-19)14-4-6-18-5-2-3-7-21(18)27(29)30/h2-9,15-16,19,25H,10-14H2,1H3. The fourth-order valence-corrected chi connectivity index (χ4v) is 4.15. The Labute approximate surface area is 180 Å². The molecule has 0 radical (unpaired) electrons. The molecule has 2 heterocycles. The summed E-state index contributed by atoms with van der Waals surface area (Å²) in [6.45, 7) is 4.36. The Kier molecular flexibility index (Phi) is 6.13. The molecule has 0 aliphatic carbocycles. The van der Waals surface area contributed by atoms with Crippen molar-refractivity contribution in [2.45, 2.75) is 25.8 Å². The normalized spacial score (nSPS) is 14.9. The molecular formula is C24H25N3O4. The van der Waals surface area contributed by atoms with Crippen LogP contribution in [-0.4, -0.2) is 30.6 Å². The van der Waals surface area contributed by atoms with Crippen molar-refractivity contribution >= 4 is 28.4 Å². The first-order valence-electron chi connectivity index (χ1n) is 10.4. The number of piperidine rings is 1. The van der Waals surface area contributed by atoms with E-state index in [1.54, 1.807) is 30.3 Å². The van der Waals surface area contributed by atoms with Crippen LogP contribution in [0.3, 0.4) is 0 Å². The van der Waals surface area contributed by atoms with Gasteiger partial charge in [-0.1, -0.05) is 35.9 Å². The fraction of sp³-hybridized carbons (Fsp3) is 0.292. The summed E-state index contributed by atoms with van der Waals surface area (Å²) in [5.41, 5.74) is 2.75. The second kappa shape index (κ2) is 9.14. The molecule has 2 aromatic carbocycles. The summed E-state index contributed by atoms with van der Waals surface area (Å²) >= 11 is 0. The third kappa shape index (κ3) is 4.67. The number of fused-ring (bicyclic) bond motifs is 1. The highest BCUT2D eigenvalue weighted by Crippen LogP contribution is 2.30. The highest BCUT2D eigenvalue weighted by molar-refractivity contribution is 5.91. The number of rotatable bonds is 6. The average Bonchev–Trinajstić information content (AvgIpc) is 2.77. The van der Waals surface area contributed by atoms with Crippen molar-refractivity contribution in [1.82, 2.24) is 5.32 Å². The van der Waals surface area contributed by atoms with Gasteiger partial charge in [-0.2, -0.15) is 0 Å². The molecular weight excluding hydrogens is 394 g/mol. The van der Waals surface area contributed by atoms with E-state index in [0.29, 0.717) is 17.7 Å². The first-order chi connectivity index (χ1) is 15.0. The number of aryl methyl sites for hydroxylation is 1. The lowest BCUT2D eigenvalue weighted by molar-refractivity contribution is -0.385. The van der Waals surface area contributed by atoms with Crippen LogP contribution in [0.2, 0.25) is 0 Å². The summed E-state index contributed by atoms with van der Waals surface area (Å²) in [5.74, 6) is 0. The summed E-state index contributed by atoms with van der Waals surface area (Å²) in [4.78, 5) is 25.5. The monoisotopic (exact) mass is 419 g/mol. The van der Waals surface area contributed by atoms with Gasteiger partial charge in [-0.05, 0) is 51.1 Å². The van der Waals surface area contributed by atoms with Crippen LogP contribution in [0.15, 0.2) is 63.8 Å². The highest BCUT2D eigenvalue weighted by Gasteiger charge is 2.23. The Morgan fingerprint density at radius 3 is 2.74 bits per heavy atom. The summed E-state index contributed by atoms with van der Waals surface area (Å²) in [6, 6.07) is 14.3. The lowest BCUT2D eigenvalue weighted by atomic mass is 10.0. The number of nitrogens with zero attached hydrogens (tertiary/aromatic N) is 2. The van der Waals surface area contributed by atoms with Gasteiger partial charge in [0.2, 0.25) is 0 Å². The molecule has 0 amide bonds. The Morgan fingerprint density at radius 1 is 1.19 bits per heavy atom. The molecule has 1 aromatic heterocycles. The van der Waals surface area contributed by atoms with E-state index in [4.69, 9.17) is 4.42 Å². The van der Waals surface area contributed by atoms with Crippen molar-refractivity contribution in [3.8, 4) is 0 Å². The second-order valence-corrected chi connectivity index (χ2v) is 7.80. The van der Waals surface area contributed by atoms with Gasteiger partial charge < -0.3 is 14.6 Å². The van der Waals surface area contributed by atoms with Gasteiger partial charge in [-0.3, -0.25) is 10.1 Å². The van der Waals surface area contributed by atoms with Gasteiger partial charge >= 0.3 is 5.63 Å². The number of hydrogen-bond donors (Lipinski definition) is 1. The largest absolute Gasteiger partial charge is 0.423 e. The van der Waals surface area contributed by atoms with Crippen LogP contribution >= 0.6 is 0 Å². The van der Waals surface area contributed by atoms with Crippen molar-refractivity contribution in [3.05, 3.63) is 86.3 Å². The zero-order valence-corrected chi connectivity index (χ0v) is 17.4. The van der Waals surface area contributed by atoms with Crippen LogP contribution in [-0.2, 0) is 0 Å². The minimum absolute atomic E-state index is 0.0774. The fourth-order valence-electron chi connectivity index (χ4n) is 4.15. The van der Waals surface area contributed by atoms with E-state index in [1.165, 1.54) is 6.07 Å². The van der Waals surface area contributed by atoms with Gasteiger partial charge in [0.05, 0.1) is 16.2 Å². The number of nitro groups is 1. The minimum atomic E-state index is -0.382. The van der Waals surface area contributed by atoms with Crippen molar-refractivity contribution < 1.29 is 9.34 Å². The van der Waals surface area contributed by atoms with Gasteiger partial charge in [0.25, 0.3) is 5.69 Å². The number of benzene rings is 2. The van der Waals surface area contributed by atoms with Crippen LogP contribution in [0.25, 0.3) is 17.0 Å². The molecule has 160 valence electrons. The molecule has 1 saturated heterocycles. The first-order valence-corrected chi connectivity index (χ1v) is 10.4. The maximum Gasteiger partial charge on any atom is 0.338 e. The molecule has 0 unspecified atom stereocenters. The molecule has 0 bridgehead atoms. The maximum atomic E-state index is 12.3. The van der Waals surface area contributed by atoms with Gasteiger partial charge in [0.15, 0.2) is 0 Å². The third-order valence-electron chi connectivity index (χ3n) is 5.67. The molecule has 3 aromatic rings. The van der Waals surface area contributed by atoms with Crippen LogP contribution < -0.4 is 15.8 Å². The highest BCUT2D eigenvalue weighted by atomic mass is 16.6. The smallest absolute Gasteiger partial charge is 0.338 e. The predicted octanol–water partition coefficient (Wildman–Crippen LogP) is 4.28. The summed E-state index contributed by atoms with van der Waals surface area (Å²) in [5, 5.41) is 15.6. The van der Waals surface area contributed by atoms with Crippen molar-refractivity contribution in [2.75, 3.05) is 24.5 Å². The number of hydrogen-bond acceptors (Lipinski definition) is 6. The molecule has 1 fully saturated rings. The van der Waals surface area contributed by atoms with Gasteiger partial charge in [-0.25, -0.2) is 4.79 Å². The van der Waals surface area contributed by atoms with Gasteiger partial charge in [-0.15, -0.1) is 0 Å². The number of nitro benzene ring substituents is 1. The van der Waals surface area contributed by atoms with E-state index in [9.17, 15) is 14.9 Å². The van der Waals surface area contributed by atoms with E-state index in [2.05, 4.69) is 10.2 Å². The van der Waals surface area contributed by atoms with Crippen LogP contribution in [0.1, 0.15) is 24.0 Å². The number of nitrogens with one attached hydrogen (secondary N) is 1. The topological polar surface area (TPSA) is 88.6 Å². The zero-order chi connectivity index (χ0) is 21.8. The van der Waals surface area contributed by atoms with E-state index in [1.807, 2.05) is 31.2 Å². The number of anilines is 1. The lowest BCUT2D eigenvalue weighted by Crippen LogP contribution is -2.43. The van der Waals surface area contributed by atoms with E-state index in [-0.39, 0.29) is 22.3 Å². The Hall–Kier alpha value is -3.45. The molecule has 1 N–H and O–H groups in total. The van der Waals surface area contributed by atoms with Gasteiger partial charge in [0.1, 0.15) is 5.58 Å². The van der Waals surface area contributed by atoms with Crippen molar-refractivity contribution in [1.29, 1.82) is 0 Å². The van der Waals surface area contributed by atoms with Crippen LogP contribution in [0.5, 0.6) is 0 Å². The molecule has 7 nitrogen and oxygen atoms in total. The Balaban J connectivity index is 1.73. The van der Waals surface area contributed by atoms with Crippen molar-refractivity contribution in [2.24, 2.45) is 0 Å². The number of para-hydroxylation sites is 1. The molecule has 0 saturated carbocycles. The predicted molar refractivity (Wildman–Crippen MR) is 123 cm³/mol. The third-order valence-corrected chi connectivity index (χ3v) is 5.67. The second-order valence-electron chi connectivity index (χ2n) is 7.80. The molecule has 0 atom stereocenters. The maximum absolute atomic E-state index is 12.3. The Bertz CT molecular complexity index is 1180. The molecule has 4 rings (SSSR count). The molecule has 1 aliphatic heterocycles. The zero-order valence-electron chi connectivity index (χ0n) is 17.4. The minimum Gasteiger partial charge on any atom is -0.423 e. The van der Waals surface area contributed by atoms with E-state index >= 15 is 0 Å². The molecule has 31 heavy (non-hydrogen) atoms. The van der Waals surface area contributed by atoms with E-state index < -0.39 is 0 Å². The summed E-state index contributed by atoms with van der Waals surface area (Å²) in [7, 11) is 0. The molecule has 1 aliphatic rings. The van der Waals surface area contributed by atoms with Crippen molar-refractivity contribution in [3.63, 3.8) is 0 Å². The lowest BCUT2D eigenvalue weighted by Gasteiger charge is -2.36. The van der Waals surface area contributed by atoms with Crippen LogP contribution in [0, 0.1) is 17.0 Å². The molecule has 7 heteroatoms. The quantitative estimate of drug-likeness (QED) is 0.364. The summed E-state index contributed by atoms with van der Waals surface area (Å²) < 4.78 is 5.42. The molecule has 0 spiro atoms. The van der Waals surface area contributed by atoms with E-state index in [0.717, 1.165) is 42.6 Å². The summed E-state index contributed by atoms with van der Waals surface area (Å²) in [6.07, 6.45) is 5.62.